The van der Waals surface area contributed by atoms with Crippen molar-refractivity contribution in [3.05, 3.63) is 0 Å². The molecule has 4 nitrogen and oxygen atoms in total. The molecule has 1 spiro atoms. The normalized spacial score (nSPS) is 49.9. The molecule has 0 aromatic rings. The van der Waals surface area contributed by atoms with E-state index in [-0.39, 0.29) is 17.1 Å². The van der Waals surface area contributed by atoms with Crippen LogP contribution in [0.25, 0.3) is 0 Å². The molecule has 0 aromatic carbocycles. The summed E-state index contributed by atoms with van der Waals surface area (Å²) < 4.78 is 12.5. The van der Waals surface area contributed by atoms with E-state index in [9.17, 15) is 4.79 Å². The van der Waals surface area contributed by atoms with Gasteiger partial charge in [0.2, 0.25) is 0 Å². The van der Waals surface area contributed by atoms with E-state index in [0.717, 1.165) is 58.0 Å². The van der Waals surface area contributed by atoms with Crippen molar-refractivity contribution in [2.24, 2.45) is 17.8 Å². The highest BCUT2D eigenvalue weighted by Crippen LogP contribution is 2.61. The molecule has 2 aliphatic carbocycles. The number of rotatable bonds is 2. The van der Waals surface area contributed by atoms with Crippen LogP contribution in [-0.4, -0.2) is 54.7 Å². The molecule has 3 aliphatic heterocycles. The fourth-order valence-corrected chi connectivity index (χ4v) is 6.66. The standard InChI is InChI=1S/C19H29NO3/c21-16-4-3-14-12-15-2-1-5-18(15)6-7-19(23-18,17(14)16)13-20-8-10-22-11-9-20/h14-15,17H,1-13H2/t14?,15?,17?,18-,19-/m0/s1. The third-order valence-electron chi connectivity index (χ3n) is 7.60. The van der Waals surface area contributed by atoms with Crippen LogP contribution in [0.3, 0.4) is 0 Å². The van der Waals surface area contributed by atoms with Gasteiger partial charge in [-0.15, -0.1) is 0 Å². The summed E-state index contributed by atoms with van der Waals surface area (Å²) in [6.07, 6.45) is 9.34. The Labute approximate surface area is 138 Å². The van der Waals surface area contributed by atoms with Gasteiger partial charge in [-0.2, -0.15) is 0 Å². The third-order valence-corrected chi connectivity index (χ3v) is 7.60. The Balaban J connectivity index is 1.49. The molecule has 0 aromatic heterocycles. The molecule has 5 aliphatic rings. The molecule has 5 fully saturated rings. The number of fused-ring (bicyclic) bond motifs is 3. The molecule has 23 heavy (non-hydrogen) atoms. The van der Waals surface area contributed by atoms with Crippen LogP contribution in [0.4, 0.5) is 0 Å². The minimum absolute atomic E-state index is 0.122. The number of hydrogen-bond donors (Lipinski definition) is 0. The van der Waals surface area contributed by atoms with Crippen LogP contribution in [0.15, 0.2) is 0 Å². The van der Waals surface area contributed by atoms with Crippen molar-refractivity contribution < 1.29 is 14.3 Å². The van der Waals surface area contributed by atoms with Crippen LogP contribution in [0.1, 0.15) is 51.4 Å². The molecular weight excluding hydrogens is 290 g/mol. The average molecular weight is 319 g/mol. The van der Waals surface area contributed by atoms with Crippen LogP contribution in [0.2, 0.25) is 0 Å². The Bertz CT molecular complexity index is 503. The lowest BCUT2D eigenvalue weighted by Crippen LogP contribution is -2.54. The first kappa shape index (κ1) is 14.9. The number of nitrogens with zero attached hydrogens (tertiary/aromatic N) is 1. The van der Waals surface area contributed by atoms with Gasteiger partial charge in [-0.1, -0.05) is 6.42 Å². The fraction of sp³-hybridized carbons (Fsp3) is 0.947. The molecule has 5 rings (SSSR count). The quantitative estimate of drug-likeness (QED) is 0.783. The molecule has 5 atom stereocenters. The number of carbonyl (C=O) groups excluding carboxylic acids is 1. The molecule has 0 amide bonds. The predicted molar refractivity (Wildman–Crippen MR) is 86.2 cm³/mol. The Morgan fingerprint density at radius 2 is 2.00 bits per heavy atom. The monoisotopic (exact) mass is 319 g/mol. The first-order valence-corrected chi connectivity index (χ1v) is 9.74. The zero-order valence-corrected chi connectivity index (χ0v) is 14.1. The summed E-state index contributed by atoms with van der Waals surface area (Å²) in [7, 11) is 0. The minimum atomic E-state index is -0.186. The van der Waals surface area contributed by atoms with Gasteiger partial charge in [-0.25, -0.2) is 0 Å². The molecule has 3 heterocycles. The van der Waals surface area contributed by atoms with Gasteiger partial charge in [0.05, 0.1) is 30.3 Å². The van der Waals surface area contributed by atoms with Crippen molar-refractivity contribution in [3.8, 4) is 0 Å². The van der Waals surface area contributed by atoms with Gasteiger partial charge in [0, 0.05) is 26.1 Å². The van der Waals surface area contributed by atoms with Crippen LogP contribution in [0.5, 0.6) is 0 Å². The summed E-state index contributed by atoms with van der Waals surface area (Å²) in [5.74, 6) is 1.99. The Kier molecular flexibility index (Phi) is 3.40. The first-order chi connectivity index (χ1) is 11.2. The minimum Gasteiger partial charge on any atom is -0.379 e. The van der Waals surface area contributed by atoms with E-state index >= 15 is 0 Å². The SMILES string of the molecule is O=C1CCC2CC3CCC[C@]34CC[C@@](CN3CCOCC3)(O4)C12. The fourth-order valence-electron chi connectivity index (χ4n) is 6.66. The van der Waals surface area contributed by atoms with Gasteiger partial charge in [-0.05, 0) is 50.4 Å². The smallest absolute Gasteiger partial charge is 0.139 e. The Morgan fingerprint density at radius 3 is 2.87 bits per heavy atom. The van der Waals surface area contributed by atoms with Crippen molar-refractivity contribution in [1.29, 1.82) is 0 Å². The number of hydrogen-bond acceptors (Lipinski definition) is 4. The molecule has 0 N–H and O–H groups in total. The molecule has 128 valence electrons. The molecule has 2 saturated carbocycles. The number of ether oxygens (including phenoxy) is 2. The van der Waals surface area contributed by atoms with E-state index in [2.05, 4.69) is 4.90 Å². The van der Waals surface area contributed by atoms with E-state index in [1.165, 1.54) is 32.1 Å². The zero-order chi connectivity index (χ0) is 15.5. The van der Waals surface area contributed by atoms with Gasteiger partial charge in [-0.3, -0.25) is 9.69 Å². The van der Waals surface area contributed by atoms with Gasteiger partial charge in [0.25, 0.3) is 0 Å². The average Bonchev–Trinajstić information content (AvgIpc) is 3.20. The summed E-state index contributed by atoms with van der Waals surface area (Å²) in [6.45, 7) is 4.59. The first-order valence-electron chi connectivity index (χ1n) is 9.74. The topological polar surface area (TPSA) is 38.8 Å². The second kappa shape index (κ2) is 5.27. The molecular formula is C19H29NO3. The molecule has 3 unspecified atom stereocenters. The number of carbonyl (C=O) groups is 1. The van der Waals surface area contributed by atoms with Crippen LogP contribution in [-0.2, 0) is 14.3 Å². The van der Waals surface area contributed by atoms with E-state index in [1.54, 1.807) is 0 Å². The highest BCUT2D eigenvalue weighted by Gasteiger charge is 2.64. The van der Waals surface area contributed by atoms with Gasteiger partial charge < -0.3 is 9.47 Å². The maximum absolute atomic E-state index is 12.8. The highest BCUT2D eigenvalue weighted by atomic mass is 16.5. The summed E-state index contributed by atoms with van der Waals surface area (Å²) in [4.78, 5) is 15.3. The van der Waals surface area contributed by atoms with Gasteiger partial charge >= 0.3 is 0 Å². The number of ketones is 1. The lowest BCUT2D eigenvalue weighted by Gasteiger charge is -2.41. The summed E-state index contributed by atoms with van der Waals surface area (Å²) in [5.41, 5.74) is -0.0639. The van der Waals surface area contributed by atoms with Crippen molar-refractivity contribution in [2.45, 2.75) is 62.6 Å². The summed E-state index contributed by atoms with van der Waals surface area (Å²) >= 11 is 0. The van der Waals surface area contributed by atoms with Crippen molar-refractivity contribution in [2.75, 3.05) is 32.8 Å². The highest BCUT2D eigenvalue weighted by molar-refractivity contribution is 5.85. The third kappa shape index (κ3) is 2.17. The molecule has 3 saturated heterocycles. The van der Waals surface area contributed by atoms with Crippen LogP contribution in [0, 0.1) is 17.8 Å². The Hall–Kier alpha value is -0.450. The number of morpholine rings is 1. The Morgan fingerprint density at radius 1 is 1.13 bits per heavy atom. The second-order valence-electron chi connectivity index (χ2n) is 8.69. The summed E-state index contributed by atoms with van der Waals surface area (Å²) in [6, 6.07) is 0. The predicted octanol–water partition coefficient (Wildman–Crippen LogP) is 2.41. The lowest BCUT2D eigenvalue weighted by atomic mass is 9.70. The van der Waals surface area contributed by atoms with E-state index in [1.807, 2.05) is 0 Å². The summed E-state index contributed by atoms with van der Waals surface area (Å²) in [5, 5.41) is 0. The lowest BCUT2D eigenvalue weighted by molar-refractivity contribution is -0.158. The molecule has 2 bridgehead atoms. The molecule has 0 radical (unpaired) electrons. The van der Waals surface area contributed by atoms with Gasteiger partial charge in [0.1, 0.15) is 5.78 Å². The number of Topliss-reactive ketones (excluding diaryl/α,β-unsaturated/α-hetero) is 1. The maximum Gasteiger partial charge on any atom is 0.139 e. The largest absolute Gasteiger partial charge is 0.379 e. The van der Waals surface area contributed by atoms with Crippen LogP contribution >= 0.6 is 0 Å². The van der Waals surface area contributed by atoms with Crippen molar-refractivity contribution in [3.63, 3.8) is 0 Å². The molecule has 4 heteroatoms. The second-order valence-corrected chi connectivity index (χ2v) is 8.69. The zero-order valence-electron chi connectivity index (χ0n) is 14.1. The van der Waals surface area contributed by atoms with Crippen LogP contribution < -0.4 is 0 Å². The van der Waals surface area contributed by atoms with Crippen molar-refractivity contribution in [1.82, 2.24) is 4.90 Å². The van der Waals surface area contributed by atoms with E-state index in [4.69, 9.17) is 9.47 Å². The maximum atomic E-state index is 12.8. The van der Waals surface area contributed by atoms with Gasteiger partial charge in [0.15, 0.2) is 0 Å². The van der Waals surface area contributed by atoms with E-state index < -0.39 is 0 Å². The van der Waals surface area contributed by atoms with Crippen molar-refractivity contribution >= 4 is 5.78 Å². The van der Waals surface area contributed by atoms with E-state index in [0.29, 0.717) is 11.7 Å².